The largest absolute Gasteiger partial charge is 0.480 e. The molecule has 0 radical (unpaired) electrons. The van der Waals surface area contributed by atoms with Crippen molar-refractivity contribution in [3.05, 3.63) is 36.9 Å². The first kappa shape index (κ1) is 14.6. The van der Waals surface area contributed by atoms with Crippen LogP contribution < -0.4 is 4.72 Å². The van der Waals surface area contributed by atoms with E-state index >= 15 is 0 Å². The van der Waals surface area contributed by atoms with E-state index in [-0.39, 0.29) is 0 Å². The number of rotatable bonds is 7. The summed E-state index contributed by atoms with van der Waals surface area (Å²) in [6.07, 6.45) is 1.70. The van der Waals surface area contributed by atoms with Gasteiger partial charge in [0.1, 0.15) is 0 Å². The Labute approximate surface area is 110 Å². The van der Waals surface area contributed by atoms with Crippen LogP contribution in [0.3, 0.4) is 0 Å². The molecule has 2 N–H and O–H groups in total. The lowest BCUT2D eigenvalue weighted by molar-refractivity contribution is -0.134. The highest BCUT2D eigenvalue weighted by Gasteiger charge is 2.16. The molecule has 0 spiro atoms. The Kier molecular flexibility index (Phi) is 5.24. The third kappa shape index (κ3) is 4.80. The molecule has 0 bridgehead atoms. The second-order valence-corrected chi connectivity index (χ2v) is 6.13. The minimum atomic E-state index is -3.87. The van der Waals surface area contributed by atoms with Crippen LogP contribution in [0.5, 0.6) is 0 Å². The lowest BCUT2D eigenvalue weighted by Gasteiger charge is -2.10. The summed E-state index contributed by atoms with van der Waals surface area (Å²) in [5.41, 5.74) is 0.380. The number of carboxylic acids is 1. The van der Waals surface area contributed by atoms with Gasteiger partial charge in [-0.05, 0) is 12.1 Å². The fourth-order valence-electron chi connectivity index (χ4n) is 1.19. The van der Waals surface area contributed by atoms with E-state index in [0.717, 1.165) is 4.90 Å². The molecule has 0 saturated heterocycles. The Morgan fingerprint density at radius 2 is 2.11 bits per heavy atom. The molecule has 5 nitrogen and oxygen atoms in total. The topological polar surface area (TPSA) is 83.5 Å². The third-order valence-corrected chi connectivity index (χ3v) is 4.05. The average Bonchev–Trinajstić information content (AvgIpc) is 2.25. The molecule has 0 aliphatic rings. The predicted octanol–water partition coefficient (Wildman–Crippen LogP) is 1.79. The van der Waals surface area contributed by atoms with Gasteiger partial charge in [-0.25, -0.2) is 8.42 Å². The zero-order chi connectivity index (χ0) is 13.6. The van der Waals surface area contributed by atoms with E-state index < -0.39 is 21.7 Å². The first-order valence-corrected chi connectivity index (χ1v) is 7.63. The first-order valence-electron chi connectivity index (χ1n) is 4.99. The molecule has 0 heterocycles. The summed E-state index contributed by atoms with van der Waals surface area (Å²) in [5, 5.41) is 8.50. The van der Waals surface area contributed by atoms with Gasteiger partial charge in [0.15, 0.2) is 5.75 Å². The molecule has 1 aromatic carbocycles. The summed E-state index contributed by atoms with van der Waals surface area (Å²) in [5.74, 6) is -1.70. The second kappa shape index (κ2) is 6.46. The number of carbonyl (C=O) groups is 1. The van der Waals surface area contributed by atoms with Crippen LogP contribution in [0.1, 0.15) is 0 Å². The number of sulfonamides is 1. The minimum absolute atomic E-state index is 0.380. The standard InChI is InChI=1S/C11H13NO4S2/c1-2-7-17-10-6-4-3-5-9(10)12-18(15,16)8-11(13)14/h2-6,12H,1,7-8H2,(H,13,14). The van der Waals surface area contributed by atoms with Crippen molar-refractivity contribution < 1.29 is 18.3 Å². The van der Waals surface area contributed by atoms with Crippen LogP contribution in [0, 0.1) is 0 Å². The van der Waals surface area contributed by atoms with Crippen LogP contribution in [0.25, 0.3) is 0 Å². The molecule has 1 aromatic rings. The number of aliphatic carboxylic acids is 1. The minimum Gasteiger partial charge on any atom is -0.480 e. The van der Waals surface area contributed by atoms with Crippen LogP contribution in [0.2, 0.25) is 0 Å². The van der Waals surface area contributed by atoms with Crippen molar-refractivity contribution in [1.29, 1.82) is 0 Å². The molecule has 18 heavy (non-hydrogen) atoms. The summed E-state index contributed by atoms with van der Waals surface area (Å²) in [7, 11) is -3.87. The Morgan fingerprint density at radius 1 is 1.44 bits per heavy atom. The van der Waals surface area contributed by atoms with E-state index in [9.17, 15) is 13.2 Å². The van der Waals surface area contributed by atoms with Gasteiger partial charge in [0, 0.05) is 10.6 Å². The molecule has 0 aliphatic carbocycles. The van der Waals surface area contributed by atoms with Crippen LogP contribution in [-0.4, -0.2) is 31.0 Å². The summed E-state index contributed by atoms with van der Waals surface area (Å²) in [6, 6.07) is 6.80. The van der Waals surface area contributed by atoms with E-state index in [1.165, 1.54) is 11.8 Å². The highest BCUT2D eigenvalue weighted by molar-refractivity contribution is 7.99. The van der Waals surface area contributed by atoms with Gasteiger partial charge < -0.3 is 5.11 Å². The fraction of sp³-hybridized carbons (Fsp3) is 0.182. The van der Waals surface area contributed by atoms with Crippen molar-refractivity contribution in [3.8, 4) is 0 Å². The van der Waals surface area contributed by atoms with Gasteiger partial charge in [0.05, 0.1) is 5.69 Å². The average molecular weight is 287 g/mol. The Hall–Kier alpha value is -1.47. The quantitative estimate of drug-likeness (QED) is 0.590. The van der Waals surface area contributed by atoms with Gasteiger partial charge in [-0.15, -0.1) is 18.3 Å². The van der Waals surface area contributed by atoms with E-state index in [4.69, 9.17) is 5.11 Å². The number of benzene rings is 1. The summed E-state index contributed by atoms with van der Waals surface area (Å²) >= 11 is 1.41. The third-order valence-electron chi connectivity index (χ3n) is 1.82. The van der Waals surface area contributed by atoms with Crippen LogP contribution in [0.15, 0.2) is 41.8 Å². The zero-order valence-corrected chi connectivity index (χ0v) is 11.1. The molecule has 0 aromatic heterocycles. The van der Waals surface area contributed by atoms with E-state index in [1.54, 1.807) is 30.3 Å². The molecule has 0 amide bonds. The molecular formula is C11H13NO4S2. The van der Waals surface area contributed by atoms with Crippen molar-refractivity contribution in [2.45, 2.75) is 4.90 Å². The first-order chi connectivity index (χ1) is 8.44. The zero-order valence-electron chi connectivity index (χ0n) is 9.50. The van der Waals surface area contributed by atoms with Crippen molar-refractivity contribution in [1.82, 2.24) is 0 Å². The molecule has 0 fully saturated rings. The smallest absolute Gasteiger partial charge is 0.320 e. The van der Waals surface area contributed by atoms with Gasteiger partial charge in [-0.2, -0.15) is 0 Å². The van der Waals surface area contributed by atoms with Gasteiger partial charge in [0.25, 0.3) is 0 Å². The molecule has 7 heteroatoms. The van der Waals surface area contributed by atoms with Gasteiger partial charge in [-0.1, -0.05) is 18.2 Å². The van der Waals surface area contributed by atoms with Crippen molar-refractivity contribution in [3.63, 3.8) is 0 Å². The summed E-state index contributed by atoms with van der Waals surface area (Å²) < 4.78 is 25.3. The number of thioether (sulfide) groups is 1. The van der Waals surface area contributed by atoms with E-state index in [0.29, 0.717) is 11.4 Å². The van der Waals surface area contributed by atoms with Crippen molar-refractivity contribution in [2.75, 3.05) is 16.2 Å². The lowest BCUT2D eigenvalue weighted by atomic mass is 10.3. The highest BCUT2D eigenvalue weighted by Crippen LogP contribution is 2.27. The van der Waals surface area contributed by atoms with Gasteiger partial charge in [0.2, 0.25) is 10.0 Å². The maximum atomic E-state index is 11.5. The van der Waals surface area contributed by atoms with Gasteiger partial charge in [-0.3, -0.25) is 9.52 Å². The lowest BCUT2D eigenvalue weighted by Crippen LogP contribution is -2.22. The maximum absolute atomic E-state index is 11.5. The molecular weight excluding hydrogens is 274 g/mol. The number of hydrogen-bond acceptors (Lipinski definition) is 4. The van der Waals surface area contributed by atoms with E-state index in [2.05, 4.69) is 11.3 Å². The van der Waals surface area contributed by atoms with Gasteiger partial charge >= 0.3 is 5.97 Å². The van der Waals surface area contributed by atoms with Crippen LogP contribution in [-0.2, 0) is 14.8 Å². The molecule has 0 unspecified atom stereocenters. The summed E-state index contributed by atoms with van der Waals surface area (Å²) in [4.78, 5) is 11.2. The second-order valence-electron chi connectivity index (χ2n) is 3.35. The predicted molar refractivity (Wildman–Crippen MR) is 72.4 cm³/mol. The molecule has 0 aliphatic heterocycles. The molecule has 0 saturated carbocycles. The maximum Gasteiger partial charge on any atom is 0.320 e. The SMILES string of the molecule is C=CCSc1ccccc1NS(=O)(=O)CC(=O)O. The molecule has 0 atom stereocenters. The number of carboxylic acid groups (broad SMARTS) is 1. The molecule has 98 valence electrons. The van der Waals surface area contributed by atoms with Crippen LogP contribution >= 0.6 is 11.8 Å². The Morgan fingerprint density at radius 3 is 2.72 bits per heavy atom. The van der Waals surface area contributed by atoms with Crippen molar-refractivity contribution in [2.24, 2.45) is 0 Å². The Bertz CT molecular complexity index is 540. The van der Waals surface area contributed by atoms with Crippen molar-refractivity contribution >= 4 is 33.4 Å². The van der Waals surface area contributed by atoms with Crippen LogP contribution in [0.4, 0.5) is 5.69 Å². The number of anilines is 1. The van der Waals surface area contributed by atoms with E-state index in [1.807, 2.05) is 0 Å². The molecule has 1 rings (SSSR count). The fourth-order valence-corrected chi connectivity index (χ4v) is 2.91. The highest BCUT2D eigenvalue weighted by atomic mass is 32.2. The normalized spacial score (nSPS) is 10.9. The monoisotopic (exact) mass is 287 g/mol. The number of nitrogens with one attached hydrogen (secondary N) is 1. The summed E-state index contributed by atoms with van der Waals surface area (Å²) in [6.45, 7) is 3.58. The number of para-hydroxylation sites is 1. The Balaban J connectivity index is 2.89. The number of hydrogen-bond donors (Lipinski definition) is 2.